The number of pyridine rings is 1. The largest absolute Gasteiger partial charge is 0.490 e. The summed E-state index contributed by atoms with van der Waals surface area (Å²) < 4.78 is 14.2. The molecular weight excluding hydrogens is 420 g/mol. The monoisotopic (exact) mass is 442 g/mol. The van der Waals surface area contributed by atoms with E-state index in [4.69, 9.17) is 19.4 Å². The molecule has 3 aliphatic rings. The van der Waals surface area contributed by atoms with Gasteiger partial charge in [-0.1, -0.05) is 18.2 Å². The summed E-state index contributed by atoms with van der Waals surface area (Å²) in [7, 11) is 0. The maximum Gasteiger partial charge on any atom is 0.222 e. The SMILES string of the molecule is OC1CC(Nc2ncc(-c3ccc4nc5n(c4n3)C3(COC5)COc4ccccc43)cn2)C1. The molecule has 1 unspecified atom stereocenters. The number of ether oxygens (including phenoxy) is 2. The Morgan fingerprint density at radius 1 is 1.03 bits per heavy atom. The fourth-order valence-electron chi connectivity index (χ4n) is 5.07. The van der Waals surface area contributed by atoms with Gasteiger partial charge in [-0.05, 0) is 31.0 Å². The van der Waals surface area contributed by atoms with Crippen LogP contribution in [0.3, 0.4) is 0 Å². The van der Waals surface area contributed by atoms with Crippen LogP contribution in [0.5, 0.6) is 5.75 Å². The van der Waals surface area contributed by atoms with E-state index in [1.807, 2.05) is 30.3 Å². The number of imidazole rings is 1. The highest BCUT2D eigenvalue weighted by atomic mass is 16.5. The summed E-state index contributed by atoms with van der Waals surface area (Å²) in [6.07, 6.45) is 4.80. The van der Waals surface area contributed by atoms with E-state index >= 15 is 0 Å². The molecule has 0 saturated heterocycles. The summed E-state index contributed by atoms with van der Waals surface area (Å²) in [5.74, 6) is 2.29. The lowest BCUT2D eigenvalue weighted by Crippen LogP contribution is -2.45. The Labute approximate surface area is 189 Å². The fraction of sp³-hybridized carbons (Fsp3) is 0.333. The van der Waals surface area contributed by atoms with Crippen molar-refractivity contribution in [2.24, 2.45) is 0 Å². The number of benzene rings is 1. The minimum Gasteiger partial charge on any atom is -0.490 e. The van der Waals surface area contributed by atoms with E-state index in [1.165, 1.54) is 0 Å². The van der Waals surface area contributed by atoms with Crippen molar-refractivity contribution in [3.63, 3.8) is 0 Å². The van der Waals surface area contributed by atoms with Gasteiger partial charge in [-0.2, -0.15) is 0 Å². The third kappa shape index (κ3) is 2.86. The topological polar surface area (TPSA) is 107 Å². The predicted molar refractivity (Wildman–Crippen MR) is 120 cm³/mol. The van der Waals surface area contributed by atoms with Crippen LogP contribution in [-0.2, 0) is 16.9 Å². The second-order valence-electron chi connectivity index (χ2n) is 8.97. The van der Waals surface area contributed by atoms with Crippen molar-refractivity contribution < 1.29 is 14.6 Å². The Morgan fingerprint density at radius 3 is 2.73 bits per heavy atom. The lowest BCUT2D eigenvalue weighted by Gasteiger charge is -2.34. The molecule has 3 aromatic heterocycles. The van der Waals surface area contributed by atoms with Gasteiger partial charge in [-0.15, -0.1) is 0 Å². The van der Waals surface area contributed by atoms with Gasteiger partial charge in [0.1, 0.15) is 35.8 Å². The molecule has 0 amide bonds. The van der Waals surface area contributed by atoms with Gasteiger partial charge in [0, 0.05) is 29.6 Å². The molecule has 1 spiro atoms. The van der Waals surface area contributed by atoms with Crippen molar-refractivity contribution in [3.8, 4) is 17.0 Å². The Kier molecular flexibility index (Phi) is 4.00. The summed E-state index contributed by atoms with van der Waals surface area (Å²) in [5.41, 5.74) is 3.85. The van der Waals surface area contributed by atoms with E-state index in [0.29, 0.717) is 25.8 Å². The number of hydrogen-bond donors (Lipinski definition) is 2. The Hall–Kier alpha value is -3.56. The zero-order chi connectivity index (χ0) is 22.0. The molecule has 1 aromatic carbocycles. The van der Waals surface area contributed by atoms with Crippen LogP contribution in [0.2, 0.25) is 0 Å². The average Bonchev–Trinajstić information content (AvgIpc) is 3.38. The number of anilines is 1. The van der Waals surface area contributed by atoms with Crippen LogP contribution in [0, 0.1) is 0 Å². The molecule has 0 bridgehead atoms. The molecule has 9 heteroatoms. The summed E-state index contributed by atoms with van der Waals surface area (Å²) >= 11 is 0. The Bertz CT molecular complexity index is 1360. The standard InChI is InChI=1S/C24H22N6O3/c31-16-7-15(8-16)27-23-25-9-14(10-26-23)18-5-6-19-22(29-18)30-21(28-19)11-32-12-24(30)13-33-20-4-2-1-3-17(20)24/h1-6,9-10,15-16,31H,7-8,11-13H2,(H,25,26,27). The van der Waals surface area contributed by atoms with Gasteiger partial charge in [-0.25, -0.2) is 19.9 Å². The lowest BCUT2D eigenvalue weighted by atomic mass is 9.90. The minimum atomic E-state index is -0.484. The van der Waals surface area contributed by atoms with Crippen molar-refractivity contribution >= 4 is 17.1 Å². The number of aliphatic hydroxyl groups excluding tert-OH is 1. The van der Waals surface area contributed by atoms with Crippen molar-refractivity contribution in [1.82, 2.24) is 24.5 Å². The van der Waals surface area contributed by atoms with Crippen LogP contribution in [-0.4, -0.2) is 55.0 Å². The minimum absolute atomic E-state index is 0.217. The highest BCUT2D eigenvalue weighted by molar-refractivity contribution is 5.77. The third-order valence-electron chi connectivity index (χ3n) is 6.82. The molecule has 5 heterocycles. The first-order chi connectivity index (χ1) is 16.2. The summed E-state index contributed by atoms with van der Waals surface area (Å²) in [6, 6.07) is 12.3. The van der Waals surface area contributed by atoms with E-state index in [9.17, 15) is 5.11 Å². The average molecular weight is 442 g/mol. The molecule has 2 aliphatic heterocycles. The molecule has 1 saturated carbocycles. The molecule has 1 aliphatic carbocycles. The molecule has 166 valence electrons. The predicted octanol–water partition coefficient (Wildman–Crippen LogP) is 2.49. The lowest BCUT2D eigenvalue weighted by molar-refractivity contribution is 0.0134. The molecular formula is C24H22N6O3. The highest BCUT2D eigenvalue weighted by Gasteiger charge is 2.47. The van der Waals surface area contributed by atoms with Gasteiger partial charge in [0.15, 0.2) is 5.65 Å². The van der Waals surface area contributed by atoms with Crippen LogP contribution in [0.25, 0.3) is 22.4 Å². The van der Waals surface area contributed by atoms with Crippen molar-refractivity contribution in [1.29, 1.82) is 0 Å². The number of para-hydroxylation sites is 1. The first-order valence-corrected chi connectivity index (χ1v) is 11.2. The number of fused-ring (bicyclic) bond motifs is 6. The van der Waals surface area contributed by atoms with E-state index in [-0.39, 0.29) is 12.1 Å². The zero-order valence-corrected chi connectivity index (χ0v) is 17.8. The molecule has 7 rings (SSSR count). The van der Waals surface area contributed by atoms with Crippen LogP contribution in [0.4, 0.5) is 5.95 Å². The Balaban J connectivity index is 1.28. The van der Waals surface area contributed by atoms with Gasteiger partial charge < -0.3 is 19.9 Å². The molecule has 33 heavy (non-hydrogen) atoms. The van der Waals surface area contributed by atoms with E-state index < -0.39 is 5.54 Å². The van der Waals surface area contributed by atoms with Crippen LogP contribution in [0.1, 0.15) is 24.2 Å². The number of aliphatic hydroxyl groups is 1. The normalized spacial score (nSPS) is 25.4. The highest BCUT2D eigenvalue weighted by Crippen LogP contribution is 2.44. The Morgan fingerprint density at radius 2 is 1.88 bits per heavy atom. The molecule has 0 radical (unpaired) electrons. The van der Waals surface area contributed by atoms with Gasteiger partial charge >= 0.3 is 0 Å². The maximum absolute atomic E-state index is 9.46. The maximum atomic E-state index is 9.46. The second-order valence-corrected chi connectivity index (χ2v) is 8.97. The zero-order valence-electron chi connectivity index (χ0n) is 17.8. The summed E-state index contributed by atoms with van der Waals surface area (Å²) in [5, 5.41) is 12.7. The van der Waals surface area contributed by atoms with Crippen molar-refractivity contribution in [2.75, 3.05) is 18.5 Å². The van der Waals surface area contributed by atoms with Gasteiger partial charge in [0.2, 0.25) is 5.95 Å². The number of nitrogens with zero attached hydrogens (tertiary/aromatic N) is 5. The number of nitrogens with one attached hydrogen (secondary N) is 1. The van der Waals surface area contributed by atoms with Crippen molar-refractivity contribution in [2.45, 2.75) is 37.1 Å². The molecule has 1 atom stereocenters. The number of aromatic nitrogens is 5. The van der Waals surface area contributed by atoms with Crippen LogP contribution >= 0.6 is 0 Å². The summed E-state index contributed by atoms with van der Waals surface area (Å²) in [4.78, 5) is 18.7. The van der Waals surface area contributed by atoms with E-state index in [1.54, 1.807) is 12.4 Å². The van der Waals surface area contributed by atoms with Gasteiger partial charge in [0.05, 0.1) is 18.4 Å². The molecule has 9 nitrogen and oxygen atoms in total. The molecule has 2 N–H and O–H groups in total. The smallest absolute Gasteiger partial charge is 0.222 e. The van der Waals surface area contributed by atoms with Crippen molar-refractivity contribution in [3.05, 3.63) is 60.2 Å². The molecule has 1 fully saturated rings. The number of rotatable bonds is 3. The summed E-state index contributed by atoms with van der Waals surface area (Å²) in [6.45, 7) is 1.43. The van der Waals surface area contributed by atoms with E-state index in [2.05, 4.69) is 25.9 Å². The van der Waals surface area contributed by atoms with Crippen LogP contribution in [0.15, 0.2) is 48.8 Å². The number of hydrogen-bond acceptors (Lipinski definition) is 8. The second kappa shape index (κ2) is 6.97. The first kappa shape index (κ1) is 19.0. The van der Waals surface area contributed by atoms with E-state index in [0.717, 1.165) is 52.4 Å². The fourth-order valence-corrected chi connectivity index (χ4v) is 5.07. The van der Waals surface area contributed by atoms with Gasteiger partial charge in [0.25, 0.3) is 0 Å². The quantitative estimate of drug-likeness (QED) is 0.498. The third-order valence-corrected chi connectivity index (χ3v) is 6.82. The molecule has 4 aromatic rings. The first-order valence-electron chi connectivity index (χ1n) is 11.2. The van der Waals surface area contributed by atoms with Gasteiger partial charge in [-0.3, -0.25) is 4.57 Å². The van der Waals surface area contributed by atoms with Crippen LogP contribution < -0.4 is 10.1 Å².